The van der Waals surface area contributed by atoms with Gasteiger partial charge in [-0.25, -0.2) is 0 Å². The third kappa shape index (κ3) is 1.93. The third-order valence-corrected chi connectivity index (χ3v) is 2.27. The molecule has 0 saturated heterocycles. The van der Waals surface area contributed by atoms with Crippen molar-refractivity contribution in [2.75, 3.05) is 0 Å². The van der Waals surface area contributed by atoms with Crippen LogP contribution in [0.4, 0.5) is 0 Å². The van der Waals surface area contributed by atoms with Crippen LogP contribution in [0.2, 0.25) is 0 Å². The van der Waals surface area contributed by atoms with E-state index in [-0.39, 0.29) is 5.78 Å². The van der Waals surface area contributed by atoms with Crippen LogP contribution in [0.5, 0.6) is 0 Å². The van der Waals surface area contributed by atoms with Gasteiger partial charge >= 0.3 is 0 Å². The van der Waals surface area contributed by atoms with Gasteiger partial charge in [-0.2, -0.15) is 0 Å². The van der Waals surface area contributed by atoms with E-state index in [0.717, 1.165) is 5.56 Å². The van der Waals surface area contributed by atoms with E-state index >= 15 is 0 Å². The van der Waals surface area contributed by atoms with E-state index < -0.39 is 0 Å². The lowest BCUT2D eigenvalue weighted by Gasteiger charge is -2.03. The molecular weight excluding hydrogens is 202 g/mol. The Balaban J connectivity index is 2.36. The highest BCUT2D eigenvalue weighted by Gasteiger charge is 2.15. The standard InChI is InChI=1S/C13H11NO2/c1-2-11(10-5-7-14-8-6-10)13(15)12-4-3-9-16-12/h2-9H,1H3/b11-2+. The molecule has 0 radical (unpaired) electrons. The number of pyridine rings is 1. The average Bonchev–Trinajstić information content (AvgIpc) is 2.85. The molecule has 2 rings (SSSR count). The summed E-state index contributed by atoms with van der Waals surface area (Å²) >= 11 is 0. The maximum Gasteiger partial charge on any atom is 0.228 e. The van der Waals surface area contributed by atoms with Crippen molar-refractivity contribution in [3.8, 4) is 0 Å². The molecule has 2 aromatic rings. The van der Waals surface area contributed by atoms with Gasteiger partial charge in [0.25, 0.3) is 0 Å². The summed E-state index contributed by atoms with van der Waals surface area (Å²) in [6.07, 6.45) is 6.59. The van der Waals surface area contributed by atoms with Crippen molar-refractivity contribution in [2.24, 2.45) is 0 Å². The first-order chi connectivity index (χ1) is 7.83. The first-order valence-electron chi connectivity index (χ1n) is 4.98. The van der Waals surface area contributed by atoms with Crippen molar-refractivity contribution in [1.29, 1.82) is 0 Å². The zero-order valence-corrected chi connectivity index (χ0v) is 8.88. The second-order valence-corrected chi connectivity index (χ2v) is 3.24. The smallest absolute Gasteiger partial charge is 0.228 e. The quantitative estimate of drug-likeness (QED) is 0.581. The predicted octanol–water partition coefficient (Wildman–Crippen LogP) is 2.96. The van der Waals surface area contributed by atoms with Crippen LogP contribution in [0, 0.1) is 0 Å². The molecule has 3 nitrogen and oxygen atoms in total. The highest BCUT2D eigenvalue weighted by atomic mass is 16.3. The zero-order valence-electron chi connectivity index (χ0n) is 8.88. The number of carbonyl (C=O) groups excluding carboxylic acids is 1. The van der Waals surface area contributed by atoms with E-state index in [1.165, 1.54) is 6.26 Å². The van der Waals surface area contributed by atoms with Gasteiger partial charge in [-0.05, 0) is 36.8 Å². The van der Waals surface area contributed by atoms with E-state index in [1.807, 2.05) is 6.92 Å². The van der Waals surface area contributed by atoms with Gasteiger partial charge in [0.1, 0.15) is 0 Å². The summed E-state index contributed by atoms with van der Waals surface area (Å²) < 4.78 is 5.09. The molecule has 0 N–H and O–H groups in total. The maximum absolute atomic E-state index is 12.1. The third-order valence-electron chi connectivity index (χ3n) is 2.27. The molecule has 2 aromatic heterocycles. The van der Waals surface area contributed by atoms with Crippen LogP contribution in [0.3, 0.4) is 0 Å². The number of allylic oxidation sites excluding steroid dienone is 2. The van der Waals surface area contributed by atoms with Crippen LogP contribution in [0.25, 0.3) is 5.57 Å². The number of aromatic nitrogens is 1. The van der Waals surface area contributed by atoms with Gasteiger partial charge in [0.05, 0.1) is 6.26 Å². The molecule has 0 saturated carbocycles. The van der Waals surface area contributed by atoms with Gasteiger partial charge < -0.3 is 4.42 Å². The van der Waals surface area contributed by atoms with Crippen molar-refractivity contribution >= 4 is 11.4 Å². The van der Waals surface area contributed by atoms with Gasteiger partial charge in [0, 0.05) is 18.0 Å². The maximum atomic E-state index is 12.1. The van der Waals surface area contributed by atoms with Gasteiger partial charge in [-0.3, -0.25) is 9.78 Å². The molecule has 0 aliphatic carbocycles. The van der Waals surface area contributed by atoms with E-state index in [0.29, 0.717) is 11.3 Å². The first-order valence-corrected chi connectivity index (χ1v) is 4.98. The Hall–Kier alpha value is -2.16. The number of furan rings is 1. The van der Waals surface area contributed by atoms with Crippen molar-refractivity contribution < 1.29 is 9.21 Å². The van der Waals surface area contributed by atoms with Crippen LogP contribution in [-0.2, 0) is 0 Å². The number of nitrogens with zero attached hydrogens (tertiary/aromatic N) is 1. The predicted molar refractivity (Wildman–Crippen MR) is 60.9 cm³/mol. The number of rotatable bonds is 3. The topological polar surface area (TPSA) is 43.1 Å². The number of carbonyl (C=O) groups is 1. The van der Waals surface area contributed by atoms with Crippen LogP contribution >= 0.6 is 0 Å². The summed E-state index contributed by atoms with van der Waals surface area (Å²) in [6.45, 7) is 1.83. The first kappa shape index (κ1) is 10.4. The Morgan fingerprint density at radius 3 is 2.62 bits per heavy atom. The Bertz CT molecular complexity index is 498. The van der Waals surface area contributed by atoms with Crippen molar-refractivity contribution in [2.45, 2.75) is 6.92 Å². The second-order valence-electron chi connectivity index (χ2n) is 3.24. The largest absolute Gasteiger partial charge is 0.461 e. The molecule has 0 atom stereocenters. The Morgan fingerprint density at radius 1 is 1.31 bits per heavy atom. The SMILES string of the molecule is C/C=C(/C(=O)c1ccco1)c1ccncc1. The normalized spacial score (nSPS) is 11.4. The monoisotopic (exact) mass is 213 g/mol. The molecular formula is C13H11NO2. The number of hydrogen-bond acceptors (Lipinski definition) is 3. The van der Waals surface area contributed by atoms with E-state index in [2.05, 4.69) is 4.98 Å². The van der Waals surface area contributed by atoms with Gasteiger partial charge in [0.2, 0.25) is 5.78 Å². The molecule has 0 aromatic carbocycles. The molecule has 0 spiro atoms. The summed E-state index contributed by atoms with van der Waals surface area (Å²) in [5.41, 5.74) is 1.47. The zero-order chi connectivity index (χ0) is 11.4. The lowest BCUT2D eigenvalue weighted by Crippen LogP contribution is -2.01. The molecule has 0 unspecified atom stereocenters. The molecule has 0 bridgehead atoms. The molecule has 80 valence electrons. The van der Waals surface area contributed by atoms with Gasteiger partial charge in [0.15, 0.2) is 5.76 Å². The van der Waals surface area contributed by atoms with Crippen molar-refractivity contribution in [1.82, 2.24) is 4.98 Å². The summed E-state index contributed by atoms with van der Waals surface area (Å²) in [4.78, 5) is 16.0. The van der Waals surface area contributed by atoms with Crippen LogP contribution < -0.4 is 0 Å². The summed E-state index contributed by atoms with van der Waals surface area (Å²) in [7, 11) is 0. The molecule has 0 amide bonds. The Kier molecular flexibility index (Phi) is 2.96. The molecule has 0 aliphatic heterocycles. The molecule has 16 heavy (non-hydrogen) atoms. The molecule has 3 heteroatoms. The Morgan fingerprint density at radius 2 is 2.06 bits per heavy atom. The average molecular weight is 213 g/mol. The van der Waals surface area contributed by atoms with Crippen LogP contribution in [0.1, 0.15) is 23.0 Å². The van der Waals surface area contributed by atoms with Crippen LogP contribution in [0.15, 0.2) is 53.4 Å². The minimum Gasteiger partial charge on any atom is -0.461 e. The highest BCUT2D eigenvalue weighted by Crippen LogP contribution is 2.19. The minimum atomic E-state index is -0.112. The lowest BCUT2D eigenvalue weighted by molar-refractivity contribution is 0.103. The fourth-order valence-electron chi connectivity index (χ4n) is 1.50. The second kappa shape index (κ2) is 4.57. The fourth-order valence-corrected chi connectivity index (χ4v) is 1.50. The number of hydrogen-bond donors (Lipinski definition) is 0. The van der Waals surface area contributed by atoms with Gasteiger partial charge in [-0.1, -0.05) is 6.08 Å². The number of ketones is 1. The van der Waals surface area contributed by atoms with Crippen molar-refractivity contribution in [3.05, 3.63) is 60.3 Å². The minimum absolute atomic E-state index is 0.112. The molecule has 0 fully saturated rings. The summed E-state index contributed by atoms with van der Waals surface area (Å²) in [5.74, 6) is 0.239. The fraction of sp³-hybridized carbons (Fsp3) is 0.0769. The van der Waals surface area contributed by atoms with Gasteiger partial charge in [-0.15, -0.1) is 0 Å². The lowest BCUT2D eigenvalue weighted by atomic mass is 10.0. The molecule has 0 aliphatic rings. The van der Waals surface area contributed by atoms with E-state index in [4.69, 9.17) is 4.42 Å². The highest BCUT2D eigenvalue weighted by molar-refractivity contribution is 6.27. The van der Waals surface area contributed by atoms with Crippen molar-refractivity contribution in [3.63, 3.8) is 0 Å². The van der Waals surface area contributed by atoms with E-state index in [9.17, 15) is 4.79 Å². The summed E-state index contributed by atoms with van der Waals surface area (Å²) in [6, 6.07) is 6.96. The van der Waals surface area contributed by atoms with Crippen LogP contribution in [-0.4, -0.2) is 10.8 Å². The summed E-state index contributed by atoms with van der Waals surface area (Å²) in [5, 5.41) is 0. The molecule has 2 heterocycles. The van der Waals surface area contributed by atoms with E-state index in [1.54, 1.807) is 42.7 Å². The Labute approximate surface area is 93.4 Å². The number of Topliss-reactive ketones (excluding diaryl/α,β-unsaturated/α-hetero) is 1.